The van der Waals surface area contributed by atoms with Crippen LogP contribution in [-0.4, -0.2) is 27.5 Å². The third kappa shape index (κ3) is 2.37. The first-order chi connectivity index (χ1) is 10.6. The fourth-order valence-corrected chi connectivity index (χ4v) is 4.26. The van der Waals surface area contributed by atoms with E-state index in [1.807, 2.05) is 22.3 Å². The molecule has 114 valence electrons. The Morgan fingerprint density at radius 1 is 1.41 bits per heavy atom. The van der Waals surface area contributed by atoms with Crippen LogP contribution in [0.2, 0.25) is 0 Å². The van der Waals surface area contributed by atoms with E-state index >= 15 is 0 Å². The molecule has 0 bridgehead atoms. The van der Waals surface area contributed by atoms with E-state index in [2.05, 4.69) is 29.3 Å². The Morgan fingerprint density at radius 3 is 3.05 bits per heavy atom. The highest BCUT2D eigenvalue weighted by Crippen LogP contribution is 2.50. The summed E-state index contributed by atoms with van der Waals surface area (Å²) in [5.74, 6) is 1.28. The van der Waals surface area contributed by atoms with Crippen LogP contribution in [0.1, 0.15) is 33.4 Å². The average molecular weight is 314 g/mol. The standard InChI is InChI=1S/C16H18N4OS/c1-9-2-3-14(22-9)11-7-12(11)16(21)20-5-4-13-10(8-20)6-15(17)19-18-13/h2-3,6,11-12H,4-5,7-8H2,1H3,(H2,17,19). The van der Waals surface area contributed by atoms with Gasteiger partial charge in [0.1, 0.15) is 5.82 Å². The number of thiophene rings is 1. The summed E-state index contributed by atoms with van der Waals surface area (Å²) < 4.78 is 0. The molecule has 4 rings (SSSR count). The molecule has 0 radical (unpaired) electrons. The molecule has 1 fully saturated rings. The third-order valence-corrected chi connectivity index (χ3v) is 5.64. The minimum absolute atomic E-state index is 0.159. The molecule has 2 aromatic rings. The predicted octanol–water partition coefficient (Wildman–Crippen LogP) is 2.12. The van der Waals surface area contributed by atoms with Crippen LogP contribution in [-0.2, 0) is 17.8 Å². The van der Waals surface area contributed by atoms with Gasteiger partial charge in [0.15, 0.2) is 0 Å². The van der Waals surface area contributed by atoms with Crippen LogP contribution in [0.15, 0.2) is 18.2 Å². The van der Waals surface area contributed by atoms with Gasteiger partial charge in [-0.05, 0) is 37.1 Å². The minimum atomic E-state index is 0.159. The van der Waals surface area contributed by atoms with Gasteiger partial charge in [0, 0.05) is 41.1 Å². The lowest BCUT2D eigenvalue weighted by atomic mass is 10.1. The number of fused-ring (bicyclic) bond motifs is 1. The zero-order valence-corrected chi connectivity index (χ0v) is 13.3. The molecular weight excluding hydrogens is 296 g/mol. The van der Waals surface area contributed by atoms with Crippen molar-refractivity contribution in [3.63, 3.8) is 0 Å². The molecule has 2 atom stereocenters. The molecular formula is C16H18N4OS. The Balaban J connectivity index is 1.46. The molecule has 2 unspecified atom stereocenters. The number of nitrogens with zero attached hydrogens (tertiary/aromatic N) is 3. The van der Waals surface area contributed by atoms with Crippen LogP contribution in [0, 0.1) is 12.8 Å². The maximum atomic E-state index is 12.7. The summed E-state index contributed by atoms with van der Waals surface area (Å²) in [7, 11) is 0. The number of carbonyl (C=O) groups excluding carboxylic acids is 1. The zero-order valence-electron chi connectivity index (χ0n) is 12.5. The van der Waals surface area contributed by atoms with Crippen molar-refractivity contribution in [2.75, 3.05) is 12.3 Å². The lowest BCUT2D eigenvalue weighted by Gasteiger charge is -2.28. The van der Waals surface area contributed by atoms with Gasteiger partial charge in [0.05, 0.1) is 5.69 Å². The second-order valence-electron chi connectivity index (χ2n) is 6.15. The number of rotatable bonds is 2. The fraction of sp³-hybridized carbons (Fsp3) is 0.438. The van der Waals surface area contributed by atoms with E-state index in [0.29, 0.717) is 18.3 Å². The largest absolute Gasteiger partial charge is 0.382 e. The van der Waals surface area contributed by atoms with Crippen LogP contribution in [0.3, 0.4) is 0 Å². The molecule has 2 aromatic heterocycles. The van der Waals surface area contributed by atoms with Gasteiger partial charge in [-0.1, -0.05) is 0 Å². The molecule has 3 heterocycles. The highest BCUT2D eigenvalue weighted by Gasteiger charge is 2.46. The number of amides is 1. The summed E-state index contributed by atoms with van der Waals surface area (Å²) in [6, 6.07) is 6.15. The number of hydrogen-bond acceptors (Lipinski definition) is 5. The lowest BCUT2D eigenvalue weighted by molar-refractivity contribution is -0.133. The van der Waals surface area contributed by atoms with Crippen molar-refractivity contribution in [3.8, 4) is 0 Å². The summed E-state index contributed by atoms with van der Waals surface area (Å²) in [4.78, 5) is 17.3. The number of nitrogens with two attached hydrogens (primary N) is 1. The fourth-order valence-electron chi connectivity index (χ4n) is 3.20. The monoisotopic (exact) mass is 314 g/mol. The van der Waals surface area contributed by atoms with Crippen LogP contribution in [0.25, 0.3) is 0 Å². The van der Waals surface area contributed by atoms with Crippen molar-refractivity contribution < 1.29 is 4.79 Å². The summed E-state index contributed by atoms with van der Waals surface area (Å²) in [5.41, 5.74) is 7.71. The van der Waals surface area contributed by atoms with E-state index in [-0.39, 0.29) is 11.8 Å². The van der Waals surface area contributed by atoms with Crippen molar-refractivity contribution in [2.45, 2.75) is 32.2 Å². The van der Waals surface area contributed by atoms with E-state index in [0.717, 1.165) is 30.6 Å². The van der Waals surface area contributed by atoms with Crippen LogP contribution >= 0.6 is 11.3 Å². The van der Waals surface area contributed by atoms with Crippen LogP contribution in [0.4, 0.5) is 5.82 Å². The van der Waals surface area contributed by atoms with Crippen molar-refractivity contribution in [3.05, 3.63) is 39.2 Å². The molecule has 22 heavy (non-hydrogen) atoms. The van der Waals surface area contributed by atoms with Gasteiger partial charge < -0.3 is 10.6 Å². The molecule has 1 aliphatic heterocycles. The Bertz CT molecular complexity index is 741. The van der Waals surface area contributed by atoms with Crippen molar-refractivity contribution in [2.24, 2.45) is 5.92 Å². The summed E-state index contributed by atoms with van der Waals surface area (Å²) in [6.07, 6.45) is 1.75. The molecule has 0 spiro atoms. The van der Waals surface area contributed by atoms with E-state index in [4.69, 9.17) is 5.73 Å². The first-order valence-corrected chi connectivity index (χ1v) is 8.39. The molecule has 6 heteroatoms. The van der Waals surface area contributed by atoms with Gasteiger partial charge in [-0.3, -0.25) is 4.79 Å². The average Bonchev–Trinajstić information content (AvgIpc) is 3.20. The molecule has 1 aliphatic carbocycles. The van der Waals surface area contributed by atoms with Crippen molar-refractivity contribution in [1.82, 2.24) is 15.1 Å². The highest BCUT2D eigenvalue weighted by atomic mass is 32.1. The number of carbonyl (C=O) groups is 1. The third-order valence-electron chi connectivity index (χ3n) is 4.50. The summed E-state index contributed by atoms with van der Waals surface area (Å²) in [5, 5.41) is 8.02. The number of aromatic nitrogens is 2. The zero-order chi connectivity index (χ0) is 15.3. The number of hydrogen-bond donors (Lipinski definition) is 1. The Hall–Kier alpha value is -1.95. The van der Waals surface area contributed by atoms with E-state index in [1.54, 1.807) is 0 Å². The van der Waals surface area contributed by atoms with Gasteiger partial charge in [-0.25, -0.2) is 0 Å². The maximum Gasteiger partial charge on any atom is 0.226 e. The quantitative estimate of drug-likeness (QED) is 0.921. The number of nitrogen functional groups attached to an aromatic ring is 1. The van der Waals surface area contributed by atoms with Gasteiger partial charge in [-0.2, -0.15) is 5.10 Å². The lowest BCUT2D eigenvalue weighted by Crippen LogP contribution is -2.37. The molecule has 5 nitrogen and oxygen atoms in total. The first kappa shape index (κ1) is 13.7. The Labute approximate surface area is 133 Å². The second-order valence-corrected chi connectivity index (χ2v) is 7.47. The highest BCUT2D eigenvalue weighted by molar-refractivity contribution is 7.12. The van der Waals surface area contributed by atoms with Crippen molar-refractivity contribution >= 4 is 23.1 Å². The van der Waals surface area contributed by atoms with E-state index < -0.39 is 0 Å². The molecule has 0 aromatic carbocycles. The number of aryl methyl sites for hydroxylation is 1. The second kappa shape index (κ2) is 5.05. The Kier molecular flexibility index (Phi) is 3.14. The molecule has 1 amide bonds. The van der Waals surface area contributed by atoms with Gasteiger partial charge in [0.2, 0.25) is 5.91 Å². The van der Waals surface area contributed by atoms with Crippen LogP contribution in [0.5, 0.6) is 0 Å². The number of anilines is 1. The summed E-state index contributed by atoms with van der Waals surface area (Å²) in [6.45, 7) is 3.46. The minimum Gasteiger partial charge on any atom is -0.382 e. The molecule has 2 aliphatic rings. The van der Waals surface area contributed by atoms with E-state index in [1.165, 1.54) is 9.75 Å². The van der Waals surface area contributed by atoms with Crippen LogP contribution < -0.4 is 5.73 Å². The molecule has 2 N–H and O–H groups in total. The normalized spacial score (nSPS) is 23.2. The van der Waals surface area contributed by atoms with Gasteiger partial charge in [-0.15, -0.1) is 16.4 Å². The maximum absolute atomic E-state index is 12.7. The van der Waals surface area contributed by atoms with E-state index in [9.17, 15) is 4.79 Å². The van der Waals surface area contributed by atoms with Gasteiger partial charge in [0.25, 0.3) is 0 Å². The Morgan fingerprint density at radius 2 is 2.27 bits per heavy atom. The SMILES string of the molecule is Cc1ccc(C2CC2C(=O)N2CCc3nnc(N)cc3C2)s1. The predicted molar refractivity (Wildman–Crippen MR) is 85.5 cm³/mol. The smallest absolute Gasteiger partial charge is 0.226 e. The summed E-state index contributed by atoms with van der Waals surface area (Å²) >= 11 is 1.81. The van der Waals surface area contributed by atoms with Gasteiger partial charge >= 0.3 is 0 Å². The molecule has 1 saturated carbocycles. The molecule has 0 saturated heterocycles. The first-order valence-electron chi connectivity index (χ1n) is 7.58. The van der Waals surface area contributed by atoms with Crippen molar-refractivity contribution in [1.29, 1.82) is 0 Å². The topological polar surface area (TPSA) is 72.1 Å².